The van der Waals surface area contributed by atoms with Gasteiger partial charge in [0.25, 0.3) is 5.91 Å². The third kappa shape index (κ3) is 3.76. The maximum Gasteiger partial charge on any atom is 0.262 e. The number of para-hydroxylation sites is 1. The van der Waals surface area contributed by atoms with Crippen LogP contribution in [0.1, 0.15) is 5.56 Å². The molecule has 0 fully saturated rings. The zero-order valence-corrected chi connectivity index (χ0v) is 10.8. The highest BCUT2D eigenvalue weighted by Gasteiger charge is 2.10. The number of carbonyl (C=O) groups is 1. The molecule has 106 valence electrons. The van der Waals surface area contributed by atoms with Crippen LogP contribution in [0.5, 0.6) is 5.75 Å². The van der Waals surface area contributed by atoms with Crippen LogP contribution in [0.3, 0.4) is 0 Å². The first kappa shape index (κ1) is 14.5. The molecule has 2 rings (SSSR count). The van der Waals surface area contributed by atoms with Crippen LogP contribution in [-0.2, 0) is 4.79 Å². The fraction of sp³-hybridized carbons (Fsp3) is 0.0667. The van der Waals surface area contributed by atoms with Crippen molar-refractivity contribution in [1.82, 2.24) is 0 Å². The third-order valence-electron chi connectivity index (χ3n) is 2.57. The fourth-order valence-electron chi connectivity index (χ4n) is 1.61. The van der Waals surface area contributed by atoms with Gasteiger partial charge in [0.2, 0.25) is 0 Å². The van der Waals surface area contributed by atoms with Crippen molar-refractivity contribution in [2.45, 2.75) is 0 Å². The lowest BCUT2D eigenvalue weighted by molar-refractivity contribution is -0.118. The Hall–Kier alpha value is -2.94. The van der Waals surface area contributed by atoms with Crippen molar-refractivity contribution in [3.63, 3.8) is 0 Å². The number of hydrogen-bond donors (Lipinski definition) is 1. The fourth-order valence-corrected chi connectivity index (χ4v) is 1.61. The molecule has 0 aliphatic heterocycles. The molecule has 2 aromatic rings. The molecule has 0 radical (unpaired) electrons. The summed E-state index contributed by atoms with van der Waals surface area (Å²) in [6.45, 7) is -0.393. The molecular formula is C15H10F2N2O2. The zero-order chi connectivity index (χ0) is 15.2. The van der Waals surface area contributed by atoms with Crippen molar-refractivity contribution in [2.75, 3.05) is 11.9 Å². The highest BCUT2D eigenvalue weighted by molar-refractivity contribution is 5.92. The van der Waals surface area contributed by atoms with Gasteiger partial charge in [0.15, 0.2) is 6.61 Å². The van der Waals surface area contributed by atoms with Gasteiger partial charge in [0, 0.05) is 6.07 Å². The molecular weight excluding hydrogens is 278 g/mol. The van der Waals surface area contributed by atoms with Crippen LogP contribution in [0.15, 0.2) is 42.5 Å². The Kier molecular flexibility index (Phi) is 4.46. The molecule has 6 heteroatoms. The standard InChI is InChI=1S/C15H10F2N2O2/c16-11-5-6-13(12(17)7-11)19-15(20)9-21-14-4-2-1-3-10(14)8-18/h1-7H,9H2,(H,19,20). The van der Waals surface area contributed by atoms with Crippen LogP contribution in [0.2, 0.25) is 0 Å². The summed E-state index contributed by atoms with van der Waals surface area (Å²) in [6.07, 6.45) is 0. The maximum atomic E-state index is 13.4. The number of nitriles is 1. The van der Waals surface area contributed by atoms with Crippen LogP contribution in [0.25, 0.3) is 0 Å². The van der Waals surface area contributed by atoms with Gasteiger partial charge in [0.05, 0.1) is 11.3 Å². The third-order valence-corrected chi connectivity index (χ3v) is 2.57. The van der Waals surface area contributed by atoms with E-state index in [2.05, 4.69) is 5.32 Å². The van der Waals surface area contributed by atoms with Crippen molar-refractivity contribution < 1.29 is 18.3 Å². The quantitative estimate of drug-likeness (QED) is 0.941. The Balaban J connectivity index is 1.98. The van der Waals surface area contributed by atoms with Gasteiger partial charge in [-0.2, -0.15) is 5.26 Å². The molecule has 0 atom stereocenters. The molecule has 1 N–H and O–H groups in total. The second-order valence-electron chi connectivity index (χ2n) is 4.07. The number of benzene rings is 2. The number of nitrogens with zero attached hydrogens (tertiary/aromatic N) is 1. The Morgan fingerprint density at radius 1 is 1.24 bits per heavy atom. The van der Waals surface area contributed by atoms with E-state index in [0.717, 1.165) is 12.1 Å². The molecule has 0 aromatic heterocycles. The van der Waals surface area contributed by atoms with Crippen LogP contribution in [0.4, 0.5) is 14.5 Å². The summed E-state index contributed by atoms with van der Waals surface area (Å²) in [6, 6.07) is 11.2. The molecule has 2 aromatic carbocycles. The Labute approximate surface area is 119 Å². The molecule has 0 saturated heterocycles. The first-order chi connectivity index (χ1) is 10.1. The first-order valence-corrected chi connectivity index (χ1v) is 5.97. The van der Waals surface area contributed by atoms with Gasteiger partial charge in [-0.25, -0.2) is 8.78 Å². The van der Waals surface area contributed by atoms with Gasteiger partial charge in [-0.1, -0.05) is 12.1 Å². The molecule has 0 bridgehead atoms. The van der Waals surface area contributed by atoms with Crippen LogP contribution < -0.4 is 10.1 Å². The van der Waals surface area contributed by atoms with Crippen LogP contribution >= 0.6 is 0 Å². The summed E-state index contributed by atoms with van der Waals surface area (Å²) in [7, 11) is 0. The van der Waals surface area contributed by atoms with E-state index in [0.29, 0.717) is 11.6 Å². The topological polar surface area (TPSA) is 62.1 Å². The van der Waals surface area contributed by atoms with Crippen molar-refractivity contribution in [3.05, 3.63) is 59.7 Å². The van der Waals surface area contributed by atoms with E-state index in [9.17, 15) is 13.6 Å². The summed E-state index contributed by atoms with van der Waals surface area (Å²) in [5, 5.41) is 11.1. The Bertz CT molecular complexity index is 711. The largest absolute Gasteiger partial charge is 0.482 e. The average Bonchev–Trinajstić information content (AvgIpc) is 2.48. The molecule has 0 saturated carbocycles. The number of amides is 1. The number of ether oxygens (including phenoxy) is 1. The predicted octanol–water partition coefficient (Wildman–Crippen LogP) is 2.85. The minimum absolute atomic E-state index is 0.140. The second-order valence-corrected chi connectivity index (χ2v) is 4.07. The lowest BCUT2D eigenvalue weighted by atomic mass is 10.2. The van der Waals surface area contributed by atoms with E-state index in [-0.39, 0.29) is 11.4 Å². The van der Waals surface area contributed by atoms with Crippen molar-refractivity contribution >= 4 is 11.6 Å². The highest BCUT2D eigenvalue weighted by atomic mass is 19.1. The molecule has 1 amide bonds. The minimum atomic E-state index is -0.874. The minimum Gasteiger partial charge on any atom is -0.482 e. The predicted molar refractivity (Wildman–Crippen MR) is 71.6 cm³/mol. The molecule has 4 nitrogen and oxygen atoms in total. The first-order valence-electron chi connectivity index (χ1n) is 5.97. The van der Waals surface area contributed by atoms with Gasteiger partial charge in [-0.3, -0.25) is 4.79 Å². The van der Waals surface area contributed by atoms with Gasteiger partial charge in [-0.05, 0) is 24.3 Å². The summed E-state index contributed by atoms with van der Waals surface area (Å²) in [5.41, 5.74) is 0.150. The number of nitrogens with one attached hydrogen (secondary N) is 1. The van der Waals surface area contributed by atoms with Crippen LogP contribution in [0, 0.1) is 23.0 Å². The average molecular weight is 288 g/mol. The lowest BCUT2D eigenvalue weighted by Crippen LogP contribution is -2.21. The normalized spacial score (nSPS) is 9.76. The number of halogens is 2. The molecule has 0 aliphatic rings. The van der Waals surface area contributed by atoms with Gasteiger partial charge < -0.3 is 10.1 Å². The summed E-state index contributed by atoms with van der Waals surface area (Å²) in [4.78, 5) is 11.6. The summed E-state index contributed by atoms with van der Waals surface area (Å²) >= 11 is 0. The number of carbonyl (C=O) groups excluding carboxylic acids is 1. The summed E-state index contributed by atoms with van der Waals surface area (Å²) < 4.78 is 31.3. The van der Waals surface area contributed by atoms with Gasteiger partial charge in [0.1, 0.15) is 23.5 Å². The Morgan fingerprint density at radius 2 is 2.00 bits per heavy atom. The Morgan fingerprint density at radius 3 is 2.71 bits per heavy atom. The number of anilines is 1. The molecule has 0 heterocycles. The maximum absolute atomic E-state index is 13.4. The van der Waals surface area contributed by atoms with Gasteiger partial charge >= 0.3 is 0 Å². The number of rotatable bonds is 4. The van der Waals surface area contributed by atoms with E-state index in [1.165, 1.54) is 0 Å². The van der Waals surface area contributed by atoms with E-state index < -0.39 is 24.1 Å². The van der Waals surface area contributed by atoms with Gasteiger partial charge in [-0.15, -0.1) is 0 Å². The van der Waals surface area contributed by atoms with Crippen LogP contribution in [-0.4, -0.2) is 12.5 Å². The smallest absolute Gasteiger partial charge is 0.262 e. The van der Waals surface area contributed by atoms with E-state index in [1.807, 2.05) is 6.07 Å². The monoisotopic (exact) mass is 288 g/mol. The molecule has 0 aliphatic carbocycles. The van der Waals surface area contributed by atoms with E-state index >= 15 is 0 Å². The number of hydrogen-bond acceptors (Lipinski definition) is 3. The highest BCUT2D eigenvalue weighted by Crippen LogP contribution is 2.17. The SMILES string of the molecule is N#Cc1ccccc1OCC(=O)Nc1ccc(F)cc1F. The van der Waals surface area contributed by atoms with Crippen molar-refractivity contribution in [3.8, 4) is 11.8 Å². The van der Waals surface area contributed by atoms with E-state index in [4.69, 9.17) is 10.00 Å². The molecule has 0 spiro atoms. The van der Waals surface area contributed by atoms with Crippen molar-refractivity contribution in [2.24, 2.45) is 0 Å². The summed E-state index contributed by atoms with van der Waals surface area (Å²) in [5.74, 6) is -1.96. The molecule has 21 heavy (non-hydrogen) atoms. The zero-order valence-electron chi connectivity index (χ0n) is 10.8. The van der Waals surface area contributed by atoms with E-state index in [1.54, 1.807) is 24.3 Å². The van der Waals surface area contributed by atoms with Crippen molar-refractivity contribution in [1.29, 1.82) is 5.26 Å². The lowest BCUT2D eigenvalue weighted by Gasteiger charge is -2.09. The second kappa shape index (κ2) is 6.48. The molecule has 0 unspecified atom stereocenters.